The Kier molecular flexibility index (Phi) is 6.10. The zero-order chi connectivity index (χ0) is 15.9. The quantitative estimate of drug-likeness (QED) is 0.819. The summed E-state index contributed by atoms with van der Waals surface area (Å²) < 4.78 is 0. The minimum atomic E-state index is -0.0226. The highest BCUT2D eigenvalue weighted by Crippen LogP contribution is 2.19. The van der Waals surface area contributed by atoms with E-state index in [2.05, 4.69) is 10.6 Å². The SMILES string of the molecule is Cc1ccc(NCCC(=O)NCc2ccccc2Cl)cc1Cl. The van der Waals surface area contributed by atoms with E-state index in [1.807, 2.05) is 49.4 Å². The zero-order valence-corrected chi connectivity index (χ0v) is 13.8. The molecule has 0 saturated carbocycles. The third kappa shape index (κ3) is 4.93. The van der Waals surface area contributed by atoms with E-state index in [1.54, 1.807) is 0 Å². The molecule has 0 unspecified atom stereocenters. The van der Waals surface area contributed by atoms with E-state index in [0.717, 1.165) is 16.8 Å². The van der Waals surface area contributed by atoms with Gasteiger partial charge in [0.1, 0.15) is 0 Å². The first kappa shape index (κ1) is 16.7. The summed E-state index contributed by atoms with van der Waals surface area (Å²) in [7, 11) is 0. The van der Waals surface area contributed by atoms with Gasteiger partial charge in [0.2, 0.25) is 5.91 Å². The van der Waals surface area contributed by atoms with Gasteiger partial charge >= 0.3 is 0 Å². The fourth-order valence-corrected chi connectivity index (χ4v) is 2.33. The van der Waals surface area contributed by atoms with E-state index in [-0.39, 0.29) is 5.91 Å². The number of hydrogen-bond donors (Lipinski definition) is 2. The van der Waals surface area contributed by atoms with E-state index in [0.29, 0.717) is 29.6 Å². The van der Waals surface area contributed by atoms with Gasteiger partial charge in [-0.2, -0.15) is 0 Å². The van der Waals surface area contributed by atoms with Crippen molar-refractivity contribution in [1.82, 2.24) is 5.32 Å². The molecule has 0 aromatic heterocycles. The molecule has 0 bridgehead atoms. The topological polar surface area (TPSA) is 41.1 Å². The lowest BCUT2D eigenvalue weighted by Gasteiger charge is -2.09. The van der Waals surface area contributed by atoms with Gasteiger partial charge < -0.3 is 10.6 Å². The Hall–Kier alpha value is -1.71. The molecule has 2 aromatic rings. The second kappa shape index (κ2) is 8.06. The summed E-state index contributed by atoms with van der Waals surface area (Å²) >= 11 is 12.1. The Bertz CT molecular complexity index is 659. The Morgan fingerprint density at radius 3 is 2.59 bits per heavy atom. The Morgan fingerprint density at radius 2 is 1.86 bits per heavy atom. The molecular weight excluding hydrogens is 319 g/mol. The highest BCUT2D eigenvalue weighted by molar-refractivity contribution is 6.31. The van der Waals surface area contributed by atoms with Crippen molar-refractivity contribution >= 4 is 34.8 Å². The van der Waals surface area contributed by atoms with Crippen LogP contribution in [0.1, 0.15) is 17.5 Å². The Morgan fingerprint density at radius 1 is 1.09 bits per heavy atom. The smallest absolute Gasteiger partial charge is 0.222 e. The maximum atomic E-state index is 11.8. The minimum Gasteiger partial charge on any atom is -0.384 e. The molecule has 0 aliphatic heterocycles. The summed E-state index contributed by atoms with van der Waals surface area (Å²) in [5, 5.41) is 7.42. The molecule has 0 heterocycles. The number of nitrogens with one attached hydrogen (secondary N) is 2. The van der Waals surface area contributed by atoms with Crippen LogP contribution in [0.3, 0.4) is 0 Å². The van der Waals surface area contributed by atoms with E-state index < -0.39 is 0 Å². The van der Waals surface area contributed by atoms with Crippen molar-refractivity contribution < 1.29 is 4.79 Å². The normalized spacial score (nSPS) is 10.3. The molecular formula is C17H18Cl2N2O. The molecule has 0 aliphatic carbocycles. The first-order chi connectivity index (χ1) is 10.6. The number of amides is 1. The molecule has 116 valence electrons. The van der Waals surface area contributed by atoms with Crippen LogP contribution in [0.4, 0.5) is 5.69 Å². The third-order valence-corrected chi connectivity index (χ3v) is 4.06. The van der Waals surface area contributed by atoms with Gasteiger partial charge in [0.05, 0.1) is 0 Å². The lowest BCUT2D eigenvalue weighted by Crippen LogP contribution is -2.25. The van der Waals surface area contributed by atoms with Crippen LogP contribution in [0, 0.1) is 6.92 Å². The Labute approximate surface area is 140 Å². The summed E-state index contributed by atoms with van der Waals surface area (Å²) in [6.45, 7) is 2.94. The van der Waals surface area contributed by atoms with Crippen molar-refractivity contribution in [1.29, 1.82) is 0 Å². The monoisotopic (exact) mass is 336 g/mol. The average Bonchev–Trinajstić information content (AvgIpc) is 2.50. The Balaban J connectivity index is 1.74. The molecule has 0 spiro atoms. The molecule has 0 aliphatic rings. The molecule has 1 amide bonds. The van der Waals surface area contributed by atoms with Crippen molar-refractivity contribution in [3.63, 3.8) is 0 Å². The molecule has 3 nitrogen and oxygen atoms in total. The molecule has 22 heavy (non-hydrogen) atoms. The molecule has 0 fully saturated rings. The number of hydrogen-bond acceptors (Lipinski definition) is 2. The van der Waals surface area contributed by atoms with Gasteiger partial charge in [0, 0.05) is 35.2 Å². The predicted molar refractivity (Wildman–Crippen MR) is 92.6 cm³/mol. The maximum Gasteiger partial charge on any atom is 0.222 e. The zero-order valence-electron chi connectivity index (χ0n) is 12.3. The molecule has 0 radical (unpaired) electrons. The second-order valence-electron chi connectivity index (χ2n) is 5.01. The number of anilines is 1. The van der Waals surface area contributed by atoms with Crippen LogP contribution in [-0.4, -0.2) is 12.5 Å². The first-order valence-electron chi connectivity index (χ1n) is 7.06. The summed E-state index contributed by atoms with van der Waals surface area (Å²) in [5.74, 6) is -0.0226. The highest BCUT2D eigenvalue weighted by atomic mass is 35.5. The van der Waals surface area contributed by atoms with Crippen LogP contribution in [0.2, 0.25) is 10.0 Å². The summed E-state index contributed by atoms with van der Waals surface area (Å²) in [6.07, 6.45) is 0.385. The maximum absolute atomic E-state index is 11.8. The van der Waals surface area contributed by atoms with Crippen LogP contribution in [0.25, 0.3) is 0 Å². The first-order valence-corrected chi connectivity index (χ1v) is 7.82. The van der Waals surface area contributed by atoms with E-state index >= 15 is 0 Å². The third-order valence-electron chi connectivity index (χ3n) is 3.29. The number of rotatable bonds is 6. The van der Waals surface area contributed by atoms with Crippen molar-refractivity contribution in [2.45, 2.75) is 19.9 Å². The number of carbonyl (C=O) groups is 1. The molecule has 2 N–H and O–H groups in total. The average molecular weight is 337 g/mol. The largest absolute Gasteiger partial charge is 0.384 e. The number of carbonyl (C=O) groups excluding carboxylic acids is 1. The van der Waals surface area contributed by atoms with Gasteiger partial charge in [-0.25, -0.2) is 0 Å². The van der Waals surface area contributed by atoms with Crippen molar-refractivity contribution in [2.75, 3.05) is 11.9 Å². The van der Waals surface area contributed by atoms with Crippen LogP contribution >= 0.6 is 23.2 Å². The van der Waals surface area contributed by atoms with Crippen molar-refractivity contribution in [2.24, 2.45) is 0 Å². The summed E-state index contributed by atoms with van der Waals surface area (Å²) in [5.41, 5.74) is 2.86. The lowest BCUT2D eigenvalue weighted by atomic mass is 10.2. The van der Waals surface area contributed by atoms with Crippen molar-refractivity contribution in [3.05, 3.63) is 63.6 Å². The van der Waals surface area contributed by atoms with Crippen LogP contribution in [0.15, 0.2) is 42.5 Å². The van der Waals surface area contributed by atoms with Gasteiger partial charge in [-0.3, -0.25) is 4.79 Å². The summed E-state index contributed by atoms with van der Waals surface area (Å²) in [4.78, 5) is 11.8. The second-order valence-corrected chi connectivity index (χ2v) is 5.82. The number of aryl methyl sites for hydroxylation is 1. The lowest BCUT2D eigenvalue weighted by molar-refractivity contribution is -0.121. The molecule has 2 rings (SSSR count). The van der Waals surface area contributed by atoms with Crippen LogP contribution < -0.4 is 10.6 Å². The number of benzene rings is 2. The summed E-state index contributed by atoms with van der Waals surface area (Å²) in [6, 6.07) is 13.2. The molecule has 0 atom stereocenters. The van der Waals surface area contributed by atoms with Crippen LogP contribution in [0.5, 0.6) is 0 Å². The van der Waals surface area contributed by atoms with Gasteiger partial charge in [0.15, 0.2) is 0 Å². The molecule has 2 aromatic carbocycles. The van der Waals surface area contributed by atoms with Gasteiger partial charge in [-0.1, -0.05) is 47.5 Å². The van der Waals surface area contributed by atoms with Crippen molar-refractivity contribution in [3.8, 4) is 0 Å². The van der Waals surface area contributed by atoms with E-state index in [4.69, 9.17) is 23.2 Å². The van der Waals surface area contributed by atoms with E-state index in [9.17, 15) is 4.79 Å². The number of halogens is 2. The predicted octanol–water partition coefficient (Wildman–Crippen LogP) is 4.42. The fraction of sp³-hybridized carbons (Fsp3) is 0.235. The molecule has 5 heteroatoms. The highest BCUT2D eigenvalue weighted by Gasteiger charge is 2.04. The van der Waals surface area contributed by atoms with Gasteiger partial charge in [-0.15, -0.1) is 0 Å². The van der Waals surface area contributed by atoms with Gasteiger partial charge in [0.25, 0.3) is 0 Å². The minimum absolute atomic E-state index is 0.0226. The van der Waals surface area contributed by atoms with Crippen LogP contribution in [-0.2, 0) is 11.3 Å². The fourth-order valence-electron chi connectivity index (χ4n) is 1.95. The standard InChI is InChI=1S/C17H18Cl2N2O/c1-12-6-7-14(10-16(12)19)20-9-8-17(22)21-11-13-4-2-3-5-15(13)18/h2-7,10,20H,8-9,11H2,1H3,(H,21,22). The van der Waals surface area contributed by atoms with Gasteiger partial charge in [-0.05, 0) is 36.2 Å². The van der Waals surface area contributed by atoms with E-state index in [1.165, 1.54) is 0 Å². The molecule has 0 saturated heterocycles.